The molecule has 3 aromatic heterocycles. The predicted octanol–water partition coefficient (Wildman–Crippen LogP) is 6.70. The second kappa shape index (κ2) is 19.1. The van der Waals surface area contributed by atoms with Crippen LogP contribution >= 0.6 is 11.3 Å². The number of nitrogens with one attached hydrogen (secondary N) is 2. The molecule has 1 spiro atoms. The minimum Gasteiger partial charge on any atom is -0.464 e. The van der Waals surface area contributed by atoms with Crippen LogP contribution in [-0.4, -0.2) is 99.4 Å². The Morgan fingerprint density at radius 1 is 1.11 bits per heavy atom. The van der Waals surface area contributed by atoms with Gasteiger partial charge in [-0.15, -0.1) is 11.3 Å². The smallest absolute Gasteiger partial charge is 0.324 e. The van der Waals surface area contributed by atoms with Crippen LogP contribution in [0.15, 0.2) is 41.9 Å². The number of hydrogen-bond acceptors (Lipinski definition) is 11. The molecule has 350 valence electrons. The highest BCUT2D eigenvalue weighted by Crippen LogP contribution is 2.49. The zero-order chi connectivity index (χ0) is 47.1. The number of benzene rings is 1. The number of methoxy groups -OCH3 is 1. The molecule has 6 heterocycles. The second-order valence-electron chi connectivity index (χ2n) is 19.7. The monoisotopic (exact) mass is 917 g/mol. The lowest BCUT2D eigenvalue weighted by Crippen LogP contribution is -2.61. The molecular weight excluding hydrogens is 855 g/mol. The van der Waals surface area contributed by atoms with Crippen molar-refractivity contribution >= 4 is 51.7 Å². The van der Waals surface area contributed by atoms with Crippen LogP contribution in [0.25, 0.3) is 33.4 Å². The summed E-state index contributed by atoms with van der Waals surface area (Å²) in [5.41, 5.74) is 8.63. The number of nitrogens with zero attached hydrogens (tertiary/aromatic N) is 5. The molecule has 66 heavy (non-hydrogen) atoms. The average Bonchev–Trinajstić information content (AvgIpc) is 4.10. The van der Waals surface area contributed by atoms with Crippen molar-refractivity contribution in [3.8, 4) is 34.4 Å². The zero-order valence-electron chi connectivity index (χ0n) is 39.5. The summed E-state index contributed by atoms with van der Waals surface area (Å²) < 4.78 is 14.3. The Bertz CT molecular complexity index is 2610. The first-order valence-electron chi connectivity index (χ1n) is 23.5. The summed E-state index contributed by atoms with van der Waals surface area (Å²) in [5.74, 6) is 2.29. The largest absolute Gasteiger partial charge is 0.464 e. The van der Waals surface area contributed by atoms with Crippen LogP contribution in [0.1, 0.15) is 103 Å². The number of carbonyl (C=O) groups is 5. The molecular formula is C51H63N7O7S. The first-order valence-corrected chi connectivity index (χ1v) is 24.3. The van der Waals surface area contributed by atoms with Crippen molar-refractivity contribution in [3.05, 3.63) is 58.2 Å². The topological polar surface area (TPSA) is 165 Å². The summed E-state index contributed by atoms with van der Waals surface area (Å²) in [5, 5.41) is 8.25. The van der Waals surface area contributed by atoms with E-state index in [0.717, 1.165) is 44.7 Å². The molecule has 1 saturated carbocycles. The van der Waals surface area contributed by atoms with Crippen LogP contribution in [-0.2, 0) is 52.8 Å². The fourth-order valence-corrected chi connectivity index (χ4v) is 11.7. The van der Waals surface area contributed by atoms with E-state index in [4.69, 9.17) is 19.4 Å². The van der Waals surface area contributed by atoms with Crippen molar-refractivity contribution in [2.45, 2.75) is 118 Å². The number of thiazole rings is 1. The van der Waals surface area contributed by atoms with Crippen molar-refractivity contribution in [2.75, 3.05) is 33.4 Å². The number of Topliss-reactive ketones (excluding diaryl/α,β-unsaturated/α-hetero) is 1. The molecule has 2 N–H and O–H groups in total. The molecule has 8 rings (SSSR count). The number of rotatable bonds is 8. The summed E-state index contributed by atoms with van der Waals surface area (Å²) >= 11 is 1.42. The number of aromatic nitrogens is 3. The van der Waals surface area contributed by atoms with Gasteiger partial charge in [-0.2, -0.15) is 0 Å². The van der Waals surface area contributed by atoms with Gasteiger partial charge < -0.3 is 24.3 Å². The van der Waals surface area contributed by atoms with E-state index in [9.17, 15) is 24.0 Å². The fourth-order valence-electron chi connectivity index (χ4n) is 10.8. The van der Waals surface area contributed by atoms with E-state index in [1.54, 1.807) is 25.1 Å². The van der Waals surface area contributed by atoms with Crippen molar-refractivity contribution in [1.82, 2.24) is 35.2 Å². The first-order chi connectivity index (χ1) is 31.6. The fraction of sp³-hybridized carbons (Fsp3) is 0.549. The lowest BCUT2D eigenvalue weighted by Gasteiger charge is -2.36. The highest BCUT2D eigenvalue weighted by atomic mass is 32.1. The molecule has 15 heteroatoms. The van der Waals surface area contributed by atoms with Gasteiger partial charge in [-0.25, -0.2) is 10.4 Å². The SMILES string of the molecule is CC#CC(=O)N1CC[C@]2(CCC([C@H](C(=O)N[C@H]3Cc4nc(cs4)-c4ccc5c(c4)c(c(-c4cccnc4[C@H](C)OC)n5CC)CC(C)(C)COC(=O)[C@@H]4CCCN(N4)C3=O)C(C)C)C2=O)C1. The Balaban J connectivity index is 1.16. The Morgan fingerprint density at radius 2 is 1.91 bits per heavy atom. The molecule has 14 nitrogen and oxygen atoms in total. The Labute approximate surface area is 391 Å². The van der Waals surface area contributed by atoms with E-state index in [1.807, 2.05) is 32.2 Å². The number of esters is 1. The predicted molar refractivity (Wildman–Crippen MR) is 252 cm³/mol. The summed E-state index contributed by atoms with van der Waals surface area (Å²) in [6.45, 7) is 15.7. The molecule has 3 aliphatic heterocycles. The molecule has 2 saturated heterocycles. The molecule has 4 aliphatic rings. The maximum Gasteiger partial charge on any atom is 0.324 e. The van der Waals surface area contributed by atoms with Gasteiger partial charge in [0, 0.05) is 96.0 Å². The molecule has 4 aromatic rings. The number of likely N-dealkylation sites (tertiary alicyclic amines) is 1. The number of cyclic esters (lactones) is 1. The van der Waals surface area contributed by atoms with Gasteiger partial charge in [-0.05, 0) is 101 Å². The number of fused-ring (bicyclic) bond motifs is 6. The zero-order valence-corrected chi connectivity index (χ0v) is 40.3. The summed E-state index contributed by atoms with van der Waals surface area (Å²) in [6.07, 6.45) is 4.89. The maximum absolute atomic E-state index is 14.7. The van der Waals surface area contributed by atoms with E-state index in [-0.39, 0.29) is 42.6 Å². The highest BCUT2D eigenvalue weighted by molar-refractivity contribution is 7.10. The molecule has 3 fully saturated rings. The van der Waals surface area contributed by atoms with Crippen molar-refractivity contribution < 1.29 is 33.4 Å². The van der Waals surface area contributed by atoms with Crippen LogP contribution in [0, 0.1) is 40.4 Å². The number of ketones is 1. The van der Waals surface area contributed by atoms with Gasteiger partial charge in [0.15, 0.2) is 0 Å². The third-order valence-electron chi connectivity index (χ3n) is 14.3. The average molecular weight is 918 g/mol. The number of ether oxygens (including phenoxy) is 2. The number of pyridine rings is 1. The van der Waals surface area contributed by atoms with Crippen molar-refractivity contribution in [3.63, 3.8) is 0 Å². The third-order valence-corrected chi connectivity index (χ3v) is 15.1. The van der Waals surface area contributed by atoms with Gasteiger partial charge in [-0.1, -0.05) is 39.7 Å². The van der Waals surface area contributed by atoms with Crippen molar-refractivity contribution in [2.24, 2.45) is 28.6 Å². The number of aryl methyl sites for hydroxylation is 1. The van der Waals surface area contributed by atoms with Gasteiger partial charge in [0.25, 0.3) is 11.8 Å². The number of hydrogen-bond donors (Lipinski definition) is 2. The van der Waals surface area contributed by atoms with Crippen LogP contribution in [0.2, 0.25) is 0 Å². The van der Waals surface area contributed by atoms with Gasteiger partial charge in [-0.3, -0.25) is 34.0 Å². The van der Waals surface area contributed by atoms with Crippen LogP contribution in [0.3, 0.4) is 0 Å². The van der Waals surface area contributed by atoms with E-state index in [0.29, 0.717) is 69.7 Å². The molecule has 1 aromatic carbocycles. The first kappa shape index (κ1) is 47.1. The summed E-state index contributed by atoms with van der Waals surface area (Å²) in [7, 11) is 1.69. The van der Waals surface area contributed by atoms with Crippen LogP contribution < -0.4 is 10.7 Å². The van der Waals surface area contributed by atoms with Crippen LogP contribution in [0.4, 0.5) is 0 Å². The minimum atomic E-state index is -1.05. The lowest BCUT2D eigenvalue weighted by atomic mass is 9.76. The van der Waals surface area contributed by atoms with Gasteiger partial charge in [0.05, 0.1) is 34.8 Å². The number of hydrazine groups is 1. The summed E-state index contributed by atoms with van der Waals surface area (Å²) in [4.78, 5) is 81.9. The van der Waals surface area contributed by atoms with E-state index in [2.05, 4.69) is 72.2 Å². The lowest BCUT2D eigenvalue weighted by molar-refractivity contribution is -0.155. The van der Waals surface area contributed by atoms with Crippen LogP contribution in [0.5, 0.6) is 0 Å². The highest BCUT2D eigenvalue weighted by Gasteiger charge is 2.55. The standard InChI is InChI=1S/C51H63N7O7S/c1-9-13-42(59)56-23-20-51(28-56)19-18-33(46(51)60)43(30(3)4)47(61)54-38-25-41-53-39(27-66-41)32-16-17-40-35(24-32)36(45(57(40)10-2)34-14-11-21-52-44(34)31(5)64-8)26-50(6,7)29-65-49(63)37-15-12-22-58(55-37)48(38)62/h11,14,16-17,21,24,27,30-31,33,37-38,43,55H,10,12,15,18-20,22-23,25-26,28-29H2,1-8H3,(H,54,61)/t31-,33?,37-,38-,43+,51+/m0/s1. The molecule has 6 bridgehead atoms. The van der Waals surface area contributed by atoms with E-state index >= 15 is 0 Å². The quantitative estimate of drug-likeness (QED) is 0.144. The minimum absolute atomic E-state index is 0.00544. The van der Waals surface area contributed by atoms with Crippen molar-refractivity contribution in [1.29, 1.82) is 0 Å². The number of amides is 3. The molecule has 0 radical (unpaired) electrons. The second-order valence-corrected chi connectivity index (χ2v) is 20.6. The van der Waals surface area contributed by atoms with E-state index in [1.165, 1.54) is 16.3 Å². The Kier molecular flexibility index (Phi) is 13.6. The third kappa shape index (κ3) is 9.04. The van der Waals surface area contributed by atoms with Gasteiger partial charge in [0.2, 0.25) is 5.91 Å². The molecule has 3 amide bonds. The molecule has 1 unspecified atom stereocenters. The Morgan fingerprint density at radius 3 is 2.65 bits per heavy atom. The van der Waals surface area contributed by atoms with E-state index < -0.39 is 46.6 Å². The number of carbonyl (C=O) groups excluding carboxylic acids is 5. The Hall–Kier alpha value is -5.43. The normalized spacial score (nSPS) is 24.3. The maximum atomic E-state index is 14.7. The summed E-state index contributed by atoms with van der Waals surface area (Å²) in [6, 6.07) is 8.62. The van der Waals surface area contributed by atoms with Gasteiger partial charge >= 0.3 is 5.97 Å². The molecule has 6 atom stereocenters. The molecule has 1 aliphatic carbocycles. The van der Waals surface area contributed by atoms with Gasteiger partial charge in [0.1, 0.15) is 17.9 Å².